The molecule has 0 spiro atoms. The summed E-state index contributed by atoms with van der Waals surface area (Å²) in [5.74, 6) is 0.238. The van der Waals surface area contributed by atoms with Gasteiger partial charge in [-0.2, -0.15) is 0 Å². The normalized spacial score (nSPS) is 12.5. The van der Waals surface area contributed by atoms with E-state index in [2.05, 4.69) is 0 Å². The molecular formula is C13H18O2. The summed E-state index contributed by atoms with van der Waals surface area (Å²) in [6, 6.07) is 7.73. The van der Waals surface area contributed by atoms with Crippen LogP contribution in [0.15, 0.2) is 24.3 Å². The van der Waals surface area contributed by atoms with Gasteiger partial charge in [-0.15, -0.1) is 0 Å². The van der Waals surface area contributed by atoms with E-state index in [-0.39, 0.29) is 11.7 Å². The van der Waals surface area contributed by atoms with Crippen LogP contribution in [0, 0.1) is 12.8 Å². The summed E-state index contributed by atoms with van der Waals surface area (Å²) < 4.78 is 4.97. The van der Waals surface area contributed by atoms with Gasteiger partial charge in [0.2, 0.25) is 0 Å². The number of hydrogen-bond donors (Lipinski definition) is 0. The van der Waals surface area contributed by atoms with E-state index in [4.69, 9.17) is 4.74 Å². The quantitative estimate of drug-likeness (QED) is 0.692. The summed E-state index contributed by atoms with van der Waals surface area (Å²) in [6.07, 6.45) is 0.781. The van der Waals surface area contributed by atoms with Gasteiger partial charge in [0.05, 0.1) is 0 Å². The molecule has 0 bridgehead atoms. The predicted octanol–water partition coefficient (Wildman–Crippen LogP) is 2.85. The molecule has 82 valence electrons. The molecule has 2 nitrogen and oxygen atoms in total. The van der Waals surface area contributed by atoms with Crippen molar-refractivity contribution in [2.75, 3.05) is 13.7 Å². The number of carbonyl (C=O) groups excluding carboxylic acids is 1. The Kier molecular flexibility index (Phi) is 4.50. The van der Waals surface area contributed by atoms with Gasteiger partial charge >= 0.3 is 0 Å². The molecule has 0 saturated heterocycles. The molecule has 0 aliphatic carbocycles. The fourth-order valence-electron chi connectivity index (χ4n) is 1.51. The fraction of sp³-hybridized carbons (Fsp3) is 0.462. The zero-order valence-corrected chi connectivity index (χ0v) is 9.62. The maximum absolute atomic E-state index is 11.9. The first-order valence-electron chi connectivity index (χ1n) is 5.25. The monoisotopic (exact) mass is 206 g/mol. The summed E-state index contributed by atoms with van der Waals surface area (Å²) in [5.41, 5.74) is 1.93. The maximum atomic E-state index is 11.9. The largest absolute Gasteiger partial charge is 0.385 e. The summed E-state index contributed by atoms with van der Waals surface area (Å²) in [5, 5.41) is 0. The van der Waals surface area contributed by atoms with Crippen molar-refractivity contribution < 1.29 is 9.53 Å². The summed E-state index contributed by atoms with van der Waals surface area (Å²) in [6.45, 7) is 4.58. The van der Waals surface area contributed by atoms with Crippen LogP contribution in [0.2, 0.25) is 0 Å². The molecule has 0 fully saturated rings. The van der Waals surface area contributed by atoms with Crippen LogP contribution in [0.4, 0.5) is 0 Å². The van der Waals surface area contributed by atoms with E-state index in [1.807, 2.05) is 38.1 Å². The average Bonchev–Trinajstić information content (AvgIpc) is 2.24. The van der Waals surface area contributed by atoms with Crippen LogP contribution >= 0.6 is 0 Å². The molecule has 1 aromatic carbocycles. The Hall–Kier alpha value is -1.15. The smallest absolute Gasteiger partial charge is 0.165 e. The lowest BCUT2D eigenvalue weighted by Gasteiger charge is -2.09. The average molecular weight is 206 g/mol. The number of aryl methyl sites for hydroxylation is 1. The van der Waals surface area contributed by atoms with E-state index in [0.717, 1.165) is 17.5 Å². The molecule has 15 heavy (non-hydrogen) atoms. The maximum Gasteiger partial charge on any atom is 0.165 e. The van der Waals surface area contributed by atoms with Gasteiger partial charge in [-0.05, 0) is 19.4 Å². The van der Waals surface area contributed by atoms with Crippen molar-refractivity contribution in [1.82, 2.24) is 0 Å². The number of methoxy groups -OCH3 is 1. The standard InChI is InChI=1S/C13H18O2/c1-10-5-4-6-12(9-10)13(14)11(2)7-8-15-3/h4-6,9,11H,7-8H2,1-3H3. The number of carbonyl (C=O) groups is 1. The first-order valence-corrected chi connectivity index (χ1v) is 5.25. The Labute approximate surface area is 91.3 Å². The Morgan fingerprint density at radius 3 is 2.80 bits per heavy atom. The van der Waals surface area contributed by atoms with Gasteiger partial charge in [0.1, 0.15) is 0 Å². The summed E-state index contributed by atoms with van der Waals surface area (Å²) >= 11 is 0. The molecule has 0 aliphatic rings. The second-order valence-corrected chi connectivity index (χ2v) is 3.92. The molecule has 0 N–H and O–H groups in total. The Morgan fingerprint density at radius 1 is 1.47 bits per heavy atom. The van der Waals surface area contributed by atoms with Gasteiger partial charge < -0.3 is 4.74 Å². The van der Waals surface area contributed by atoms with Crippen LogP contribution in [0.1, 0.15) is 29.3 Å². The summed E-state index contributed by atoms with van der Waals surface area (Å²) in [7, 11) is 1.66. The first-order chi connectivity index (χ1) is 7.15. The molecular weight excluding hydrogens is 188 g/mol. The minimum Gasteiger partial charge on any atom is -0.385 e. The third-order valence-electron chi connectivity index (χ3n) is 2.51. The van der Waals surface area contributed by atoms with Crippen molar-refractivity contribution in [3.8, 4) is 0 Å². The number of ether oxygens (including phenoxy) is 1. The zero-order chi connectivity index (χ0) is 11.3. The zero-order valence-electron chi connectivity index (χ0n) is 9.62. The molecule has 2 heteroatoms. The van der Waals surface area contributed by atoms with E-state index in [1.54, 1.807) is 7.11 Å². The van der Waals surface area contributed by atoms with Crippen LogP contribution < -0.4 is 0 Å². The van der Waals surface area contributed by atoms with Crippen LogP contribution in [0.5, 0.6) is 0 Å². The van der Waals surface area contributed by atoms with Crippen molar-refractivity contribution in [3.63, 3.8) is 0 Å². The highest BCUT2D eigenvalue weighted by molar-refractivity contribution is 5.97. The second kappa shape index (κ2) is 5.66. The third kappa shape index (κ3) is 3.48. The number of rotatable bonds is 5. The minimum absolute atomic E-state index is 0.0340. The first kappa shape index (κ1) is 11.9. The number of ketones is 1. The molecule has 1 unspecified atom stereocenters. The Bertz CT molecular complexity index is 331. The highest BCUT2D eigenvalue weighted by Gasteiger charge is 2.14. The van der Waals surface area contributed by atoms with Gasteiger partial charge in [-0.1, -0.05) is 30.7 Å². The topological polar surface area (TPSA) is 26.3 Å². The molecule has 0 heterocycles. The van der Waals surface area contributed by atoms with Gasteiger partial charge in [-0.25, -0.2) is 0 Å². The second-order valence-electron chi connectivity index (χ2n) is 3.92. The lowest BCUT2D eigenvalue weighted by atomic mass is 9.96. The SMILES string of the molecule is COCCC(C)C(=O)c1cccc(C)c1. The van der Waals surface area contributed by atoms with Gasteiger partial charge in [-0.3, -0.25) is 4.79 Å². The Morgan fingerprint density at radius 2 is 2.20 bits per heavy atom. The molecule has 0 amide bonds. The third-order valence-corrected chi connectivity index (χ3v) is 2.51. The van der Waals surface area contributed by atoms with E-state index >= 15 is 0 Å². The van der Waals surface area contributed by atoms with Crippen molar-refractivity contribution in [1.29, 1.82) is 0 Å². The van der Waals surface area contributed by atoms with Crippen LogP contribution in [0.25, 0.3) is 0 Å². The van der Waals surface area contributed by atoms with Crippen LogP contribution in [0.3, 0.4) is 0 Å². The lowest BCUT2D eigenvalue weighted by Crippen LogP contribution is -2.13. The Balaban J connectivity index is 2.67. The van der Waals surface area contributed by atoms with Gasteiger partial charge in [0, 0.05) is 25.2 Å². The van der Waals surface area contributed by atoms with E-state index < -0.39 is 0 Å². The van der Waals surface area contributed by atoms with Gasteiger partial charge in [0.25, 0.3) is 0 Å². The van der Waals surface area contributed by atoms with Crippen molar-refractivity contribution >= 4 is 5.78 Å². The highest BCUT2D eigenvalue weighted by atomic mass is 16.5. The summed E-state index contributed by atoms with van der Waals surface area (Å²) in [4.78, 5) is 11.9. The van der Waals surface area contributed by atoms with Gasteiger partial charge in [0.15, 0.2) is 5.78 Å². The molecule has 0 saturated carbocycles. The minimum atomic E-state index is 0.0340. The number of benzene rings is 1. The van der Waals surface area contributed by atoms with E-state index in [0.29, 0.717) is 6.61 Å². The predicted molar refractivity (Wildman–Crippen MR) is 61.2 cm³/mol. The molecule has 0 aliphatic heterocycles. The van der Waals surface area contributed by atoms with Crippen molar-refractivity contribution in [2.45, 2.75) is 20.3 Å². The van der Waals surface area contributed by atoms with Crippen LogP contribution in [-0.2, 0) is 4.74 Å². The molecule has 1 atom stereocenters. The van der Waals surface area contributed by atoms with E-state index in [1.165, 1.54) is 0 Å². The molecule has 1 rings (SSSR count). The molecule has 0 radical (unpaired) electrons. The lowest BCUT2D eigenvalue weighted by molar-refractivity contribution is 0.0893. The number of hydrogen-bond acceptors (Lipinski definition) is 2. The van der Waals surface area contributed by atoms with Crippen molar-refractivity contribution in [3.05, 3.63) is 35.4 Å². The van der Waals surface area contributed by atoms with E-state index in [9.17, 15) is 4.79 Å². The van der Waals surface area contributed by atoms with Crippen molar-refractivity contribution in [2.24, 2.45) is 5.92 Å². The molecule has 0 aromatic heterocycles. The highest BCUT2D eigenvalue weighted by Crippen LogP contribution is 2.13. The number of Topliss-reactive ketones (excluding diaryl/α,β-unsaturated/α-hetero) is 1. The van der Waals surface area contributed by atoms with Crippen LogP contribution in [-0.4, -0.2) is 19.5 Å². The fourth-order valence-corrected chi connectivity index (χ4v) is 1.51. The molecule has 1 aromatic rings.